The summed E-state index contributed by atoms with van der Waals surface area (Å²) in [7, 11) is 1.97. The number of alkyl halides is 3. The molecule has 0 amide bonds. The van der Waals surface area contributed by atoms with Gasteiger partial charge in [0.15, 0.2) is 0 Å². The highest BCUT2D eigenvalue weighted by atomic mass is 19.4. The number of rotatable bonds is 7. The number of hydrogen-bond donors (Lipinski definition) is 1. The van der Waals surface area contributed by atoms with Crippen molar-refractivity contribution in [1.29, 1.82) is 0 Å². The number of nitrogens with zero attached hydrogens (tertiary/aromatic N) is 4. The number of imidazole rings is 1. The summed E-state index contributed by atoms with van der Waals surface area (Å²) >= 11 is 0. The molecule has 1 N–H and O–H groups in total. The van der Waals surface area contributed by atoms with Crippen molar-refractivity contribution >= 4 is 17.0 Å². The minimum Gasteiger partial charge on any atom is -0.493 e. The molecule has 7 nitrogen and oxygen atoms in total. The van der Waals surface area contributed by atoms with Crippen LogP contribution in [0.3, 0.4) is 0 Å². The SMILES string of the molecule is CC(C)N(C)c1nc2ccc(-c3noc(CCOc4ccc(C(F)(F)F)cc4)n3)cc2[nH]1. The maximum Gasteiger partial charge on any atom is 0.416 e. The van der Waals surface area contributed by atoms with Gasteiger partial charge in [-0.15, -0.1) is 0 Å². The first kappa shape index (κ1) is 21.7. The molecule has 0 saturated carbocycles. The van der Waals surface area contributed by atoms with E-state index in [1.165, 1.54) is 12.1 Å². The minimum absolute atomic E-state index is 0.192. The molecular formula is C22H22F3N5O2. The molecule has 0 spiro atoms. The average molecular weight is 445 g/mol. The van der Waals surface area contributed by atoms with Gasteiger partial charge >= 0.3 is 6.18 Å². The van der Waals surface area contributed by atoms with Gasteiger partial charge in [-0.1, -0.05) is 5.16 Å². The Labute approximate surface area is 182 Å². The van der Waals surface area contributed by atoms with Crippen LogP contribution >= 0.6 is 0 Å². The van der Waals surface area contributed by atoms with Gasteiger partial charge in [0.25, 0.3) is 0 Å². The van der Waals surface area contributed by atoms with Crippen molar-refractivity contribution < 1.29 is 22.4 Å². The topological polar surface area (TPSA) is 80.1 Å². The Balaban J connectivity index is 1.39. The molecule has 2 aromatic carbocycles. The molecule has 0 aliphatic rings. The van der Waals surface area contributed by atoms with E-state index in [1.54, 1.807) is 0 Å². The average Bonchev–Trinajstić information content (AvgIpc) is 3.39. The Morgan fingerprint density at radius 1 is 1.09 bits per heavy atom. The number of anilines is 1. The van der Waals surface area contributed by atoms with Crippen LogP contribution in [-0.4, -0.2) is 39.8 Å². The summed E-state index contributed by atoms with van der Waals surface area (Å²) in [6.45, 7) is 4.36. The van der Waals surface area contributed by atoms with E-state index in [4.69, 9.17) is 9.26 Å². The first-order valence-electron chi connectivity index (χ1n) is 10.1. The molecule has 168 valence electrons. The van der Waals surface area contributed by atoms with Gasteiger partial charge in [0.2, 0.25) is 17.7 Å². The Kier molecular flexibility index (Phi) is 5.77. The van der Waals surface area contributed by atoms with Crippen molar-refractivity contribution in [3.63, 3.8) is 0 Å². The van der Waals surface area contributed by atoms with Crippen LogP contribution < -0.4 is 9.64 Å². The van der Waals surface area contributed by atoms with Gasteiger partial charge in [0.1, 0.15) is 5.75 Å². The van der Waals surface area contributed by atoms with E-state index in [0.29, 0.717) is 29.9 Å². The quantitative estimate of drug-likeness (QED) is 0.426. The zero-order valence-electron chi connectivity index (χ0n) is 17.8. The Morgan fingerprint density at radius 3 is 2.53 bits per heavy atom. The second kappa shape index (κ2) is 8.52. The predicted molar refractivity (Wildman–Crippen MR) is 114 cm³/mol. The highest BCUT2D eigenvalue weighted by Crippen LogP contribution is 2.30. The molecule has 2 aromatic heterocycles. The Bertz CT molecular complexity index is 1200. The number of hydrogen-bond acceptors (Lipinski definition) is 6. The largest absolute Gasteiger partial charge is 0.493 e. The second-order valence-electron chi connectivity index (χ2n) is 7.63. The van der Waals surface area contributed by atoms with Crippen LogP contribution in [0.25, 0.3) is 22.4 Å². The molecule has 0 radical (unpaired) electrons. The van der Waals surface area contributed by atoms with Gasteiger partial charge in [-0.3, -0.25) is 0 Å². The van der Waals surface area contributed by atoms with Gasteiger partial charge in [-0.2, -0.15) is 18.2 Å². The molecule has 0 atom stereocenters. The number of aromatic nitrogens is 4. The minimum atomic E-state index is -4.37. The number of H-pyrrole nitrogens is 1. The molecule has 32 heavy (non-hydrogen) atoms. The van der Waals surface area contributed by atoms with Gasteiger partial charge in [0.05, 0.1) is 29.6 Å². The molecular weight excluding hydrogens is 423 g/mol. The zero-order chi connectivity index (χ0) is 22.9. The summed E-state index contributed by atoms with van der Waals surface area (Å²) in [5.41, 5.74) is 1.76. The van der Waals surface area contributed by atoms with Gasteiger partial charge < -0.3 is 19.1 Å². The van der Waals surface area contributed by atoms with Crippen molar-refractivity contribution in [1.82, 2.24) is 20.1 Å². The molecule has 0 fully saturated rings. The van der Waals surface area contributed by atoms with E-state index in [0.717, 1.165) is 34.7 Å². The number of aromatic amines is 1. The third-order valence-corrected chi connectivity index (χ3v) is 5.07. The van der Waals surface area contributed by atoms with Crippen LogP contribution in [0.15, 0.2) is 47.0 Å². The summed E-state index contributed by atoms with van der Waals surface area (Å²) in [5.74, 6) is 1.92. The maximum absolute atomic E-state index is 12.6. The molecule has 0 saturated heterocycles. The van der Waals surface area contributed by atoms with Gasteiger partial charge in [0, 0.05) is 18.7 Å². The smallest absolute Gasteiger partial charge is 0.416 e. The lowest BCUT2D eigenvalue weighted by Crippen LogP contribution is -2.26. The second-order valence-corrected chi connectivity index (χ2v) is 7.63. The normalized spacial score (nSPS) is 12.0. The molecule has 4 rings (SSSR count). The number of fused-ring (bicyclic) bond motifs is 1. The summed E-state index contributed by atoms with van der Waals surface area (Å²) < 4.78 is 48.6. The molecule has 4 aromatic rings. The van der Waals surface area contributed by atoms with Crippen LogP contribution in [0.5, 0.6) is 5.75 Å². The lowest BCUT2D eigenvalue weighted by molar-refractivity contribution is -0.137. The first-order valence-corrected chi connectivity index (χ1v) is 10.1. The van der Waals surface area contributed by atoms with Crippen molar-refractivity contribution in [2.24, 2.45) is 0 Å². The number of nitrogens with one attached hydrogen (secondary N) is 1. The van der Waals surface area contributed by atoms with Crippen LogP contribution in [0.1, 0.15) is 25.3 Å². The summed E-state index contributed by atoms with van der Waals surface area (Å²) in [6, 6.07) is 10.5. The molecule has 2 heterocycles. The standard InChI is InChI=1S/C22H22F3N5O2/c1-13(2)30(3)21-26-17-9-4-14(12-18(17)27-21)20-28-19(32-29-20)10-11-31-16-7-5-15(6-8-16)22(23,24)25/h4-9,12-13H,10-11H2,1-3H3,(H,26,27). The first-order chi connectivity index (χ1) is 15.2. The zero-order valence-corrected chi connectivity index (χ0v) is 17.8. The summed E-state index contributed by atoms with van der Waals surface area (Å²) in [4.78, 5) is 14.3. The van der Waals surface area contributed by atoms with Crippen LogP contribution in [-0.2, 0) is 12.6 Å². The molecule has 0 bridgehead atoms. The Morgan fingerprint density at radius 2 is 1.84 bits per heavy atom. The molecule has 0 unspecified atom stereocenters. The third kappa shape index (κ3) is 4.68. The van der Waals surface area contributed by atoms with Gasteiger partial charge in [-0.05, 0) is 56.3 Å². The highest BCUT2D eigenvalue weighted by molar-refractivity contribution is 5.82. The van der Waals surface area contributed by atoms with Gasteiger partial charge in [-0.25, -0.2) is 4.98 Å². The van der Waals surface area contributed by atoms with Crippen LogP contribution in [0.4, 0.5) is 19.1 Å². The number of halogens is 3. The maximum atomic E-state index is 12.6. The van der Waals surface area contributed by atoms with E-state index >= 15 is 0 Å². The molecule has 0 aliphatic carbocycles. The van der Waals surface area contributed by atoms with Crippen molar-refractivity contribution in [2.75, 3.05) is 18.6 Å². The third-order valence-electron chi connectivity index (χ3n) is 5.07. The van der Waals surface area contributed by atoms with Crippen LogP contribution in [0.2, 0.25) is 0 Å². The molecule has 0 aliphatic heterocycles. The van der Waals surface area contributed by atoms with Crippen molar-refractivity contribution in [2.45, 2.75) is 32.5 Å². The van der Waals surface area contributed by atoms with E-state index in [2.05, 4.69) is 34.0 Å². The van der Waals surface area contributed by atoms with E-state index < -0.39 is 11.7 Å². The van der Waals surface area contributed by atoms with E-state index in [9.17, 15) is 13.2 Å². The summed E-state index contributed by atoms with van der Waals surface area (Å²) in [6.07, 6.45) is -4.05. The van der Waals surface area contributed by atoms with E-state index in [-0.39, 0.29) is 6.61 Å². The van der Waals surface area contributed by atoms with Crippen molar-refractivity contribution in [3.05, 3.63) is 53.9 Å². The Hall–Kier alpha value is -3.56. The summed E-state index contributed by atoms with van der Waals surface area (Å²) in [5, 5.41) is 4.02. The molecule has 10 heteroatoms. The monoisotopic (exact) mass is 445 g/mol. The highest BCUT2D eigenvalue weighted by Gasteiger charge is 2.30. The van der Waals surface area contributed by atoms with Crippen LogP contribution in [0, 0.1) is 0 Å². The fourth-order valence-electron chi connectivity index (χ4n) is 3.02. The number of benzene rings is 2. The lowest BCUT2D eigenvalue weighted by Gasteiger charge is -2.19. The van der Waals surface area contributed by atoms with E-state index in [1.807, 2.05) is 30.1 Å². The lowest BCUT2D eigenvalue weighted by atomic mass is 10.2. The predicted octanol–water partition coefficient (Wildman–Crippen LogP) is 5.10. The fraction of sp³-hybridized carbons (Fsp3) is 0.318. The van der Waals surface area contributed by atoms with Crippen molar-refractivity contribution in [3.8, 4) is 17.1 Å². The fourth-order valence-corrected chi connectivity index (χ4v) is 3.02. The number of ether oxygens (including phenoxy) is 1.